The SMILES string of the molecule is CC(C)C.CC(C)CN(C)C.CC(C)CN1CCC1.CCC(C)C.CCOC(C)C.COC(C)C. The van der Waals surface area contributed by atoms with E-state index in [-0.39, 0.29) is 0 Å². The first kappa shape index (κ1) is 44.8. The Morgan fingerprint density at radius 3 is 1.09 bits per heavy atom. The van der Waals surface area contributed by atoms with Crippen LogP contribution in [-0.2, 0) is 9.47 Å². The van der Waals surface area contributed by atoms with Crippen LogP contribution in [0.5, 0.6) is 0 Å². The van der Waals surface area contributed by atoms with Crippen molar-refractivity contribution < 1.29 is 9.47 Å². The minimum absolute atomic E-state index is 0.384. The van der Waals surface area contributed by atoms with Gasteiger partial charge in [0.05, 0.1) is 12.2 Å². The van der Waals surface area contributed by atoms with Gasteiger partial charge in [-0.2, -0.15) is 0 Å². The van der Waals surface area contributed by atoms with Gasteiger partial charge < -0.3 is 19.3 Å². The van der Waals surface area contributed by atoms with E-state index < -0.39 is 0 Å². The molecule has 0 spiro atoms. The fourth-order valence-electron chi connectivity index (χ4n) is 2.14. The van der Waals surface area contributed by atoms with Gasteiger partial charge >= 0.3 is 0 Å². The lowest BCUT2D eigenvalue weighted by molar-refractivity contribution is 0.0899. The number of ether oxygens (including phenoxy) is 2. The van der Waals surface area contributed by atoms with Crippen molar-refractivity contribution in [1.82, 2.24) is 9.80 Å². The average Bonchev–Trinajstić information content (AvgIpc) is 2.65. The summed E-state index contributed by atoms with van der Waals surface area (Å²) in [5, 5.41) is 0. The third-order valence-corrected chi connectivity index (χ3v) is 4.09. The second-order valence-electron chi connectivity index (χ2n) is 12.0. The van der Waals surface area contributed by atoms with Gasteiger partial charge in [0.2, 0.25) is 0 Å². The van der Waals surface area contributed by atoms with Crippen LogP contribution < -0.4 is 0 Å². The minimum atomic E-state index is 0.384. The fraction of sp³-hybridized carbons (Fsp3) is 1.00. The molecule has 0 saturated carbocycles. The molecule has 4 heteroatoms. The van der Waals surface area contributed by atoms with E-state index in [4.69, 9.17) is 9.47 Å². The zero-order valence-corrected chi connectivity index (χ0v) is 28.1. The van der Waals surface area contributed by atoms with Crippen molar-refractivity contribution in [1.29, 1.82) is 0 Å². The van der Waals surface area contributed by atoms with Crippen LogP contribution in [0.3, 0.4) is 0 Å². The van der Waals surface area contributed by atoms with E-state index in [0.717, 1.165) is 30.3 Å². The van der Waals surface area contributed by atoms with Gasteiger partial charge in [0, 0.05) is 20.3 Å². The molecule has 1 aliphatic heterocycles. The predicted octanol–water partition coefficient (Wildman–Crippen LogP) is 8.74. The maximum atomic E-state index is 5.04. The first-order valence-corrected chi connectivity index (χ1v) is 14.5. The Bertz CT molecular complexity index is 320. The van der Waals surface area contributed by atoms with E-state index in [1.54, 1.807) is 7.11 Å². The second-order valence-corrected chi connectivity index (χ2v) is 12.0. The summed E-state index contributed by atoms with van der Waals surface area (Å²) < 4.78 is 9.79. The van der Waals surface area contributed by atoms with E-state index in [9.17, 15) is 0 Å². The van der Waals surface area contributed by atoms with Gasteiger partial charge in [-0.25, -0.2) is 0 Å². The standard InChI is InChI=1S/C7H15N.C6H15N.C5H12O.C5H12.C4H10O.C4H10/c1-7(2)6-8-4-3-5-8;1-6(2)5-7(3)4;1-4-6-5(2)3;1-4-5(2)3;1-4(2)5-3;1-4(2)3/h7H,3-6H2,1-2H3;6H,5H2,1-4H3;5H,4H2,1-3H3;5H,4H2,1-3H3;4H,1-3H3;4H,1-3H3. The highest BCUT2D eigenvalue weighted by Crippen LogP contribution is 2.07. The summed E-state index contributed by atoms with van der Waals surface area (Å²) in [4.78, 5) is 4.70. The molecule has 0 unspecified atom stereocenters. The highest BCUT2D eigenvalue weighted by molar-refractivity contribution is 4.68. The molecule has 0 radical (unpaired) electrons. The largest absolute Gasteiger partial charge is 0.382 e. The molecule has 1 fully saturated rings. The molecule has 0 aromatic rings. The molecule has 0 N–H and O–H groups in total. The summed E-state index contributed by atoms with van der Waals surface area (Å²) >= 11 is 0. The van der Waals surface area contributed by atoms with Crippen LogP contribution in [0, 0.1) is 23.7 Å². The molecular weight excluding hydrogens is 432 g/mol. The number of hydrogen-bond acceptors (Lipinski definition) is 4. The van der Waals surface area contributed by atoms with Crippen LogP contribution >= 0.6 is 0 Å². The Labute approximate surface area is 225 Å². The van der Waals surface area contributed by atoms with Crippen molar-refractivity contribution in [3.63, 3.8) is 0 Å². The van der Waals surface area contributed by atoms with Crippen LogP contribution in [0.2, 0.25) is 0 Å². The lowest BCUT2D eigenvalue weighted by atomic mass is 10.1. The van der Waals surface area contributed by atoms with Gasteiger partial charge in [-0.3, -0.25) is 0 Å². The number of methoxy groups -OCH3 is 1. The van der Waals surface area contributed by atoms with Gasteiger partial charge in [0.15, 0.2) is 0 Å². The van der Waals surface area contributed by atoms with Crippen molar-refractivity contribution in [2.45, 2.75) is 129 Å². The van der Waals surface area contributed by atoms with Crippen molar-refractivity contribution in [3.8, 4) is 0 Å². The monoisotopic (exact) mass is 507 g/mol. The van der Waals surface area contributed by atoms with E-state index in [2.05, 4.69) is 93.1 Å². The summed E-state index contributed by atoms with van der Waals surface area (Å²) in [6.45, 7) is 38.2. The molecule has 0 bridgehead atoms. The molecule has 1 heterocycles. The summed E-state index contributed by atoms with van der Waals surface area (Å²) in [7, 11) is 5.89. The van der Waals surface area contributed by atoms with E-state index in [1.165, 1.54) is 39.0 Å². The first-order valence-electron chi connectivity index (χ1n) is 14.5. The van der Waals surface area contributed by atoms with Gasteiger partial charge in [-0.15, -0.1) is 0 Å². The average molecular weight is 507 g/mol. The molecular formula is C31H74N2O2. The third-order valence-electron chi connectivity index (χ3n) is 4.09. The van der Waals surface area contributed by atoms with Crippen molar-refractivity contribution in [3.05, 3.63) is 0 Å². The van der Waals surface area contributed by atoms with Crippen LogP contribution in [0.25, 0.3) is 0 Å². The van der Waals surface area contributed by atoms with E-state index >= 15 is 0 Å². The zero-order valence-electron chi connectivity index (χ0n) is 28.1. The molecule has 1 aliphatic rings. The molecule has 0 aromatic heterocycles. The van der Waals surface area contributed by atoms with Crippen LogP contribution in [0.4, 0.5) is 0 Å². The van der Waals surface area contributed by atoms with Gasteiger partial charge in [0.25, 0.3) is 0 Å². The lowest BCUT2D eigenvalue weighted by Crippen LogP contribution is -2.39. The minimum Gasteiger partial charge on any atom is -0.382 e. The maximum Gasteiger partial charge on any atom is 0.0518 e. The highest BCUT2D eigenvalue weighted by atomic mass is 16.5. The molecule has 0 aromatic carbocycles. The van der Waals surface area contributed by atoms with Gasteiger partial charge in [-0.05, 0) is 98.4 Å². The smallest absolute Gasteiger partial charge is 0.0518 e. The van der Waals surface area contributed by atoms with E-state index in [1.807, 2.05) is 34.6 Å². The zero-order chi connectivity index (χ0) is 29.0. The molecule has 35 heavy (non-hydrogen) atoms. The van der Waals surface area contributed by atoms with Crippen molar-refractivity contribution in [2.75, 3.05) is 54.0 Å². The fourth-order valence-corrected chi connectivity index (χ4v) is 2.14. The lowest BCUT2D eigenvalue weighted by Gasteiger charge is -2.31. The summed E-state index contributed by atoms with van der Waals surface area (Å²) in [5.74, 6) is 3.38. The number of likely N-dealkylation sites (tertiary alicyclic amines) is 1. The Balaban J connectivity index is -0.000000105. The molecule has 1 rings (SSSR count). The molecule has 4 nitrogen and oxygen atoms in total. The van der Waals surface area contributed by atoms with Crippen LogP contribution in [0.1, 0.15) is 117 Å². The molecule has 0 atom stereocenters. The topological polar surface area (TPSA) is 24.9 Å². The first-order chi connectivity index (χ1) is 16.0. The third kappa shape index (κ3) is 79.0. The quantitative estimate of drug-likeness (QED) is 0.328. The molecule has 220 valence electrons. The second kappa shape index (κ2) is 33.8. The molecule has 1 saturated heterocycles. The summed E-state index contributed by atoms with van der Waals surface area (Å²) in [6, 6.07) is 0. The summed E-state index contributed by atoms with van der Waals surface area (Å²) in [6.07, 6.45) is 3.51. The maximum absolute atomic E-state index is 5.04. The predicted molar refractivity (Wildman–Crippen MR) is 164 cm³/mol. The molecule has 0 aliphatic carbocycles. The van der Waals surface area contributed by atoms with Crippen LogP contribution in [-0.4, -0.2) is 76.0 Å². The van der Waals surface area contributed by atoms with Gasteiger partial charge in [-0.1, -0.05) is 75.7 Å². The Morgan fingerprint density at radius 2 is 1.06 bits per heavy atom. The highest BCUT2D eigenvalue weighted by Gasteiger charge is 2.13. The van der Waals surface area contributed by atoms with Crippen molar-refractivity contribution in [2.24, 2.45) is 23.7 Å². The Morgan fingerprint density at radius 1 is 0.686 bits per heavy atom. The van der Waals surface area contributed by atoms with Crippen molar-refractivity contribution >= 4 is 0 Å². The Hall–Kier alpha value is -0.160. The number of hydrogen-bond donors (Lipinski definition) is 0. The van der Waals surface area contributed by atoms with E-state index in [0.29, 0.717) is 12.2 Å². The normalized spacial score (nSPS) is 12.6. The molecule has 0 amide bonds. The summed E-state index contributed by atoms with van der Waals surface area (Å²) in [5.41, 5.74) is 0. The number of nitrogens with zero attached hydrogens (tertiary/aromatic N) is 2. The van der Waals surface area contributed by atoms with Gasteiger partial charge in [0.1, 0.15) is 0 Å². The number of rotatable bonds is 8. The Kier molecular flexibility index (Phi) is 43.3. The van der Waals surface area contributed by atoms with Crippen LogP contribution in [0.15, 0.2) is 0 Å².